The average molecular weight is 187 g/mol. The summed E-state index contributed by atoms with van der Waals surface area (Å²) >= 11 is 0. The third-order valence-electron chi connectivity index (χ3n) is 2.69. The summed E-state index contributed by atoms with van der Waals surface area (Å²) in [5.74, 6) is 0.763. The molecule has 1 aromatic rings. The Hall–Kier alpha value is -1.08. The van der Waals surface area contributed by atoms with Crippen LogP contribution >= 0.6 is 0 Å². The lowest BCUT2D eigenvalue weighted by atomic mass is 10.1. The van der Waals surface area contributed by atoms with E-state index in [9.17, 15) is 0 Å². The predicted molar refractivity (Wildman–Crippen MR) is 60.0 cm³/mol. The first kappa shape index (κ1) is 9.47. The van der Waals surface area contributed by atoms with Crippen molar-refractivity contribution in [3.8, 4) is 0 Å². The van der Waals surface area contributed by atoms with Crippen molar-refractivity contribution in [1.82, 2.24) is 5.32 Å². The Labute approximate surface area is 85.8 Å². The minimum absolute atomic E-state index is 0.763. The van der Waals surface area contributed by atoms with Crippen LogP contribution in [-0.2, 0) is 6.54 Å². The van der Waals surface area contributed by atoms with Gasteiger partial charge < -0.3 is 5.32 Å². The second kappa shape index (κ2) is 4.97. The molecular weight excluding hydrogens is 170 g/mol. The van der Waals surface area contributed by atoms with E-state index in [1.165, 1.54) is 18.4 Å². The summed E-state index contributed by atoms with van der Waals surface area (Å²) in [6.45, 7) is 2.11. The van der Waals surface area contributed by atoms with Crippen LogP contribution in [0.25, 0.3) is 0 Å². The fourth-order valence-corrected chi connectivity index (χ4v) is 1.86. The highest BCUT2D eigenvalue weighted by molar-refractivity contribution is 5.14. The Bertz CT molecular complexity index is 289. The van der Waals surface area contributed by atoms with E-state index in [0.717, 1.165) is 19.0 Å². The summed E-state index contributed by atoms with van der Waals surface area (Å²) in [6.07, 6.45) is 7.20. The molecule has 0 saturated carbocycles. The topological polar surface area (TPSA) is 12.0 Å². The van der Waals surface area contributed by atoms with Crippen molar-refractivity contribution < 1.29 is 0 Å². The maximum atomic E-state index is 3.49. The molecular formula is C13H17N. The first-order valence-corrected chi connectivity index (χ1v) is 5.36. The van der Waals surface area contributed by atoms with Crippen LogP contribution < -0.4 is 5.32 Å². The van der Waals surface area contributed by atoms with Crippen LogP contribution in [0.1, 0.15) is 18.4 Å². The zero-order valence-corrected chi connectivity index (χ0v) is 8.45. The first-order valence-electron chi connectivity index (χ1n) is 5.36. The Morgan fingerprint density at radius 2 is 2.07 bits per heavy atom. The molecule has 1 aliphatic rings. The minimum Gasteiger partial charge on any atom is -0.312 e. The van der Waals surface area contributed by atoms with Crippen LogP contribution in [0.4, 0.5) is 0 Å². The molecule has 1 N–H and O–H groups in total. The molecule has 0 aliphatic heterocycles. The van der Waals surface area contributed by atoms with Gasteiger partial charge in [0.05, 0.1) is 0 Å². The van der Waals surface area contributed by atoms with E-state index in [2.05, 4.69) is 47.8 Å². The number of rotatable bonds is 4. The van der Waals surface area contributed by atoms with Crippen molar-refractivity contribution in [2.24, 2.45) is 5.92 Å². The lowest BCUT2D eigenvalue weighted by Gasteiger charge is -2.09. The molecule has 1 nitrogen and oxygen atoms in total. The highest BCUT2D eigenvalue weighted by Gasteiger charge is 2.07. The number of hydrogen-bond acceptors (Lipinski definition) is 1. The first-order chi connectivity index (χ1) is 6.95. The molecule has 0 heterocycles. The normalized spacial score (nSPS) is 20.1. The van der Waals surface area contributed by atoms with Gasteiger partial charge in [0.1, 0.15) is 0 Å². The molecule has 1 aromatic carbocycles. The van der Waals surface area contributed by atoms with Crippen LogP contribution in [0.3, 0.4) is 0 Å². The summed E-state index contributed by atoms with van der Waals surface area (Å²) in [5.41, 5.74) is 1.37. The molecule has 0 aromatic heterocycles. The van der Waals surface area contributed by atoms with Crippen molar-refractivity contribution in [1.29, 1.82) is 0 Å². The van der Waals surface area contributed by atoms with E-state index >= 15 is 0 Å². The third kappa shape index (κ3) is 2.71. The van der Waals surface area contributed by atoms with Gasteiger partial charge in [0.25, 0.3) is 0 Å². The summed E-state index contributed by atoms with van der Waals surface area (Å²) in [6, 6.07) is 10.6. The molecule has 2 rings (SSSR count). The van der Waals surface area contributed by atoms with Crippen molar-refractivity contribution in [3.63, 3.8) is 0 Å². The largest absolute Gasteiger partial charge is 0.312 e. The smallest absolute Gasteiger partial charge is 0.0205 e. The van der Waals surface area contributed by atoms with E-state index in [-0.39, 0.29) is 0 Å². The van der Waals surface area contributed by atoms with Crippen molar-refractivity contribution >= 4 is 0 Å². The summed E-state index contributed by atoms with van der Waals surface area (Å²) in [5, 5.41) is 3.49. The Kier molecular flexibility index (Phi) is 3.36. The molecule has 1 unspecified atom stereocenters. The fraction of sp³-hybridized carbons (Fsp3) is 0.385. The van der Waals surface area contributed by atoms with Crippen molar-refractivity contribution in [3.05, 3.63) is 48.0 Å². The van der Waals surface area contributed by atoms with E-state index in [0.29, 0.717) is 0 Å². The Morgan fingerprint density at radius 1 is 1.21 bits per heavy atom. The van der Waals surface area contributed by atoms with Gasteiger partial charge in [-0.3, -0.25) is 0 Å². The molecule has 0 saturated heterocycles. The van der Waals surface area contributed by atoms with E-state index in [4.69, 9.17) is 0 Å². The van der Waals surface area contributed by atoms with Crippen LogP contribution in [-0.4, -0.2) is 6.54 Å². The van der Waals surface area contributed by atoms with Gasteiger partial charge in [0.2, 0.25) is 0 Å². The van der Waals surface area contributed by atoms with Crippen LogP contribution in [0, 0.1) is 5.92 Å². The minimum atomic E-state index is 0.763. The van der Waals surface area contributed by atoms with Gasteiger partial charge in [-0.1, -0.05) is 42.5 Å². The summed E-state index contributed by atoms with van der Waals surface area (Å²) in [7, 11) is 0. The number of allylic oxidation sites excluding steroid dienone is 1. The van der Waals surface area contributed by atoms with Crippen molar-refractivity contribution in [2.75, 3.05) is 6.54 Å². The lowest BCUT2D eigenvalue weighted by molar-refractivity contribution is 0.548. The average Bonchev–Trinajstić information content (AvgIpc) is 2.72. The van der Waals surface area contributed by atoms with Crippen LogP contribution in [0.15, 0.2) is 42.5 Å². The number of benzene rings is 1. The van der Waals surface area contributed by atoms with Crippen molar-refractivity contribution in [2.45, 2.75) is 19.4 Å². The van der Waals surface area contributed by atoms with Gasteiger partial charge >= 0.3 is 0 Å². The number of hydrogen-bond donors (Lipinski definition) is 1. The highest BCUT2D eigenvalue weighted by atomic mass is 14.9. The molecule has 1 heteroatoms. The highest BCUT2D eigenvalue weighted by Crippen LogP contribution is 2.15. The van der Waals surface area contributed by atoms with E-state index in [1.807, 2.05) is 0 Å². The van der Waals surface area contributed by atoms with Gasteiger partial charge in [-0.05, 0) is 24.3 Å². The molecule has 0 radical (unpaired) electrons. The zero-order valence-electron chi connectivity index (χ0n) is 8.45. The van der Waals surface area contributed by atoms with Crippen LogP contribution in [0.5, 0.6) is 0 Å². The second-order valence-electron chi connectivity index (χ2n) is 3.88. The predicted octanol–water partition coefficient (Wildman–Crippen LogP) is 2.74. The number of nitrogens with one attached hydrogen (secondary N) is 1. The Balaban J connectivity index is 1.70. The molecule has 1 atom stereocenters. The van der Waals surface area contributed by atoms with Gasteiger partial charge in [-0.25, -0.2) is 0 Å². The summed E-state index contributed by atoms with van der Waals surface area (Å²) in [4.78, 5) is 0. The molecule has 1 aliphatic carbocycles. The zero-order chi connectivity index (χ0) is 9.64. The third-order valence-corrected chi connectivity index (χ3v) is 2.69. The fourth-order valence-electron chi connectivity index (χ4n) is 1.86. The Morgan fingerprint density at radius 3 is 2.79 bits per heavy atom. The molecule has 0 amide bonds. The van der Waals surface area contributed by atoms with Gasteiger partial charge in [-0.2, -0.15) is 0 Å². The van der Waals surface area contributed by atoms with Gasteiger partial charge in [-0.15, -0.1) is 0 Å². The molecule has 74 valence electrons. The maximum Gasteiger partial charge on any atom is 0.0205 e. The van der Waals surface area contributed by atoms with E-state index in [1.54, 1.807) is 0 Å². The second-order valence-corrected chi connectivity index (χ2v) is 3.88. The monoisotopic (exact) mass is 187 g/mol. The lowest BCUT2D eigenvalue weighted by Crippen LogP contribution is -2.20. The quantitative estimate of drug-likeness (QED) is 0.715. The van der Waals surface area contributed by atoms with Crippen LogP contribution in [0.2, 0.25) is 0 Å². The van der Waals surface area contributed by atoms with Gasteiger partial charge in [0.15, 0.2) is 0 Å². The molecule has 0 fully saturated rings. The maximum absolute atomic E-state index is 3.49. The summed E-state index contributed by atoms with van der Waals surface area (Å²) < 4.78 is 0. The molecule has 0 bridgehead atoms. The molecule has 0 spiro atoms. The SMILES string of the molecule is C1=CC(CNCc2ccccc2)CC1. The van der Waals surface area contributed by atoms with E-state index < -0.39 is 0 Å². The van der Waals surface area contributed by atoms with Gasteiger partial charge in [0, 0.05) is 13.1 Å². The molecule has 14 heavy (non-hydrogen) atoms. The standard InChI is InChI=1S/C13H17N/c1-2-6-12(7-3-1)10-14-11-13-8-4-5-9-13/h1-4,6-8,13-14H,5,9-11H2.